The first-order valence-electron chi connectivity index (χ1n) is 4.31. The zero-order valence-corrected chi connectivity index (χ0v) is 7.29. The maximum Gasteiger partial charge on any atom is 0.135 e. The lowest BCUT2D eigenvalue weighted by atomic mass is 10.2. The monoisotopic (exact) mass is 176 g/mol. The Morgan fingerprint density at radius 2 is 2.38 bits per heavy atom. The molecule has 2 rings (SSSR count). The van der Waals surface area contributed by atoms with Gasteiger partial charge in [0.05, 0.1) is 6.26 Å². The molecule has 0 aliphatic carbocycles. The van der Waals surface area contributed by atoms with Crippen LogP contribution in [0.5, 0.6) is 0 Å². The van der Waals surface area contributed by atoms with E-state index in [1.165, 1.54) is 0 Å². The Bertz CT molecular complexity index is 362. The van der Waals surface area contributed by atoms with E-state index in [-0.39, 0.29) is 0 Å². The molecule has 68 valence electrons. The first kappa shape index (κ1) is 8.13. The standard InChI is InChI=1S/C10H12N2O/c11-3-1-8-5-10(13-7-8)9-2-4-12-6-9/h2,4-7,12H,1,3,11H2. The molecule has 0 aliphatic rings. The van der Waals surface area contributed by atoms with E-state index in [0.717, 1.165) is 23.3 Å². The van der Waals surface area contributed by atoms with Gasteiger partial charge in [-0.2, -0.15) is 0 Å². The van der Waals surface area contributed by atoms with E-state index in [9.17, 15) is 0 Å². The average Bonchev–Trinajstić information content (AvgIpc) is 2.70. The summed E-state index contributed by atoms with van der Waals surface area (Å²) in [7, 11) is 0. The Morgan fingerprint density at radius 1 is 1.46 bits per heavy atom. The Hall–Kier alpha value is -1.48. The van der Waals surface area contributed by atoms with Gasteiger partial charge in [0.2, 0.25) is 0 Å². The predicted molar refractivity (Wildman–Crippen MR) is 51.3 cm³/mol. The number of H-pyrrole nitrogens is 1. The van der Waals surface area contributed by atoms with Gasteiger partial charge in [-0.15, -0.1) is 0 Å². The molecule has 2 aromatic heterocycles. The number of nitrogens with one attached hydrogen (secondary N) is 1. The fourth-order valence-corrected chi connectivity index (χ4v) is 1.30. The highest BCUT2D eigenvalue weighted by atomic mass is 16.3. The lowest BCUT2D eigenvalue weighted by molar-refractivity contribution is 0.578. The first-order chi connectivity index (χ1) is 6.40. The molecule has 0 aliphatic heterocycles. The van der Waals surface area contributed by atoms with Gasteiger partial charge >= 0.3 is 0 Å². The lowest BCUT2D eigenvalue weighted by Gasteiger charge is -1.87. The minimum Gasteiger partial charge on any atom is -0.464 e. The zero-order chi connectivity index (χ0) is 9.10. The summed E-state index contributed by atoms with van der Waals surface area (Å²) in [5.41, 5.74) is 7.66. The van der Waals surface area contributed by atoms with Crippen LogP contribution >= 0.6 is 0 Å². The highest BCUT2D eigenvalue weighted by molar-refractivity contribution is 5.56. The van der Waals surface area contributed by atoms with Crippen molar-refractivity contribution < 1.29 is 4.42 Å². The van der Waals surface area contributed by atoms with Gasteiger partial charge < -0.3 is 15.1 Å². The highest BCUT2D eigenvalue weighted by Gasteiger charge is 2.03. The molecule has 0 unspecified atom stereocenters. The molecule has 2 heterocycles. The molecule has 0 spiro atoms. The highest BCUT2D eigenvalue weighted by Crippen LogP contribution is 2.21. The number of aromatic amines is 1. The van der Waals surface area contributed by atoms with Crippen molar-refractivity contribution in [1.29, 1.82) is 0 Å². The fourth-order valence-electron chi connectivity index (χ4n) is 1.30. The molecule has 3 nitrogen and oxygen atoms in total. The van der Waals surface area contributed by atoms with Crippen molar-refractivity contribution in [2.75, 3.05) is 6.54 Å². The van der Waals surface area contributed by atoms with Gasteiger partial charge in [0.15, 0.2) is 0 Å². The van der Waals surface area contributed by atoms with Gasteiger partial charge in [-0.25, -0.2) is 0 Å². The van der Waals surface area contributed by atoms with E-state index >= 15 is 0 Å². The van der Waals surface area contributed by atoms with Crippen molar-refractivity contribution in [2.24, 2.45) is 5.73 Å². The van der Waals surface area contributed by atoms with Crippen molar-refractivity contribution >= 4 is 0 Å². The smallest absolute Gasteiger partial charge is 0.135 e. The molecule has 0 fully saturated rings. The summed E-state index contributed by atoms with van der Waals surface area (Å²) in [5.74, 6) is 0.893. The topological polar surface area (TPSA) is 54.9 Å². The number of hydrogen-bond acceptors (Lipinski definition) is 2. The maximum atomic E-state index is 5.44. The minimum atomic E-state index is 0.659. The van der Waals surface area contributed by atoms with Crippen LogP contribution in [0.25, 0.3) is 11.3 Å². The first-order valence-corrected chi connectivity index (χ1v) is 4.31. The third-order valence-corrected chi connectivity index (χ3v) is 1.97. The number of furan rings is 1. The Labute approximate surface area is 76.6 Å². The molecule has 0 aromatic carbocycles. The van der Waals surface area contributed by atoms with Crippen LogP contribution in [-0.2, 0) is 6.42 Å². The van der Waals surface area contributed by atoms with Crippen LogP contribution in [0.4, 0.5) is 0 Å². The van der Waals surface area contributed by atoms with Crippen molar-refractivity contribution in [3.05, 3.63) is 36.4 Å². The second-order valence-electron chi connectivity index (χ2n) is 2.96. The zero-order valence-electron chi connectivity index (χ0n) is 7.29. The molecule has 2 aromatic rings. The molecule has 0 saturated carbocycles. The molecule has 0 atom stereocenters. The summed E-state index contributed by atoms with van der Waals surface area (Å²) in [6.07, 6.45) is 6.41. The van der Waals surface area contributed by atoms with E-state index in [1.54, 1.807) is 6.26 Å². The number of aromatic nitrogens is 1. The van der Waals surface area contributed by atoms with Gasteiger partial charge in [0, 0.05) is 18.0 Å². The minimum absolute atomic E-state index is 0.659. The van der Waals surface area contributed by atoms with Crippen LogP contribution in [0.1, 0.15) is 5.56 Å². The van der Waals surface area contributed by atoms with Gasteiger partial charge in [-0.3, -0.25) is 0 Å². The van der Waals surface area contributed by atoms with Gasteiger partial charge in [-0.05, 0) is 30.7 Å². The van der Waals surface area contributed by atoms with Crippen molar-refractivity contribution in [3.8, 4) is 11.3 Å². The third kappa shape index (κ3) is 1.65. The Morgan fingerprint density at radius 3 is 3.08 bits per heavy atom. The summed E-state index contributed by atoms with van der Waals surface area (Å²) < 4.78 is 5.39. The maximum absolute atomic E-state index is 5.44. The van der Waals surface area contributed by atoms with Crippen LogP contribution in [0.15, 0.2) is 35.2 Å². The van der Waals surface area contributed by atoms with Gasteiger partial charge in [0.1, 0.15) is 5.76 Å². The van der Waals surface area contributed by atoms with Crippen LogP contribution in [-0.4, -0.2) is 11.5 Å². The normalized spacial score (nSPS) is 10.5. The quantitative estimate of drug-likeness (QED) is 0.748. The molecule has 0 bridgehead atoms. The van der Waals surface area contributed by atoms with Crippen molar-refractivity contribution in [3.63, 3.8) is 0 Å². The molecule has 13 heavy (non-hydrogen) atoms. The second-order valence-corrected chi connectivity index (χ2v) is 2.96. The molecule has 3 N–H and O–H groups in total. The third-order valence-electron chi connectivity index (χ3n) is 1.97. The lowest BCUT2D eigenvalue weighted by Crippen LogP contribution is -2.01. The van der Waals surface area contributed by atoms with Crippen LogP contribution < -0.4 is 5.73 Å². The number of rotatable bonds is 3. The van der Waals surface area contributed by atoms with Gasteiger partial charge in [0.25, 0.3) is 0 Å². The van der Waals surface area contributed by atoms with E-state index in [4.69, 9.17) is 10.2 Å². The van der Waals surface area contributed by atoms with E-state index in [1.807, 2.05) is 24.5 Å². The molecular weight excluding hydrogens is 164 g/mol. The number of nitrogens with two attached hydrogens (primary N) is 1. The summed E-state index contributed by atoms with van der Waals surface area (Å²) >= 11 is 0. The second kappa shape index (κ2) is 3.49. The largest absolute Gasteiger partial charge is 0.464 e. The molecule has 0 saturated heterocycles. The van der Waals surface area contributed by atoms with Crippen LogP contribution in [0.3, 0.4) is 0 Å². The average molecular weight is 176 g/mol. The SMILES string of the molecule is NCCc1coc(-c2cc[nH]c2)c1. The number of hydrogen-bond donors (Lipinski definition) is 2. The Kier molecular flexibility index (Phi) is 2.19. The summed E-state index contributed by atoms with van der Waals surface area (Å²) in [4.78, 5) is 2.98. The van der Waals surface area contributed by atoms with E-state index < -0.39 is 0 Å². The van der Waals surface area contributed by atoms with E-state index in [2.05, 4.69) is 4.98 Å². The summed E-state index contributed by atoms with van der Waals surface area (Å²) in [6.45, 7) is 0.659. The fraction of sp³-hybridized carbons (Fsp3) is 0.200. The molecule has 0 radical (unpaired) electrons. The van der Waals surface area contributed by atoms with Crippen molar-refractivity contribution in [1.82, 2.24) is 4.98 Å². The molecule has 3 heteroatoms. The molecule has 0 amide bonds. The van der Waals surface area contributed by atoms with Gasteiger partial charge in [-0.1, -0.05) is 0 Å². The summed E-state index contributed by atoms with van der Waals surface area (Å²) in [5, 5.41) is 0. The summed E-state index contributed by atoms with van der Waals surface area (Å²) in [6, 6.07) is 4.00. The van der Waals surface area contributed by atoms with Crippen LogP contribution in [0.2, 0.25) is 0 Å². The van der Waals surface area contributed by atoms with Crippen LogP contribution in [0, 0.1) is 0 Å². The van der Waals surface area contributed by atoms with Crippen molar-refractivity contribution in [2.45, 2.75) is 6.42 Å². The molecular formula is C10H12N2O. The predicted octanol–water partition coefficient (Wildman–Crippen LogP) is 1.78. The Balaban J connectivity index is 2.23. The van der Waals surface area contributed by atoms with E-state index in [0.29, 0.717) is 6.54 Å².